The fourth-order valence-corrected chi connectivity index (χ4v) is 2.89. The summed E-state index contributed by atoms with van der Waals surface area (Å²) in [6, 6.07) is -0.476. The van der Waals surface area contributed by atoms with Crippen molar-refractivity contribution in [1.29, 1.82) is 0 Å². The summed E-state index contributed by atoms with van der Waals surface area (Å²) in [4.78, 5) is 11.7. The number of nitrogens with one attached hydrogen (secondary N) is 1. The fraction of sp³-hybridized carbons (Fsp3) is 0.700. The minimum atomic E-state index is -4.20. The van der Waals surface area contributed by atoms with Gasteiger partial charge in [-0.2, -0.15) is 13.2 Å². The molecule has 0 saturated heterocycles. The molecule has 0 spiro atoms. The molecule has 0 radical (unpaired) electrons. The summed E-state index contributed by atoms with van der Waals surface area (Å²) in [5, 5.41) is 9.66. The smallest absolute Gasteiger partial charge is 0.347 e. The van der Waals surface area contributed by atoms with Crippen LogP contribution in [0.1, 0.15) is 35.5 Å². The molecular formula is C10H11ClF3N3OS. The van der Waals surface area contributed by atoms with Crippen molar-refractivity contribution in [2.75, 3.05) is 0 Å². The first-order valence-electron chi connectivity index (χ1n) is 5.73. The van der Waals surface area contributed by atoms with Gasteiger partial charge in [0, 0.05) is 6.04 Å². The molecule has 19 heavy (non-hydrogen) atoms. The van der Waals surface area contributed by atoms with Crippen LogP contribution in [-0.4, -0.2) is 28.3 Å². The van der Waals surface area contributed by atoms with E-state index in [1.54, 1.807) is 0 Å². The zero-order valence-electron chi connectivity index (χ0n) is 9.71. The lowest BCUT2D eigenvalue weighted by atomic mass is 9.85. The van der Waals surface area contributed by atoms with Crippen LogP contribution in [-0.2, 0) is 0 Å². The van der Waals surface area contributed by atoms with Crippen LogP contribution >= 0.6 is 22.9 Å². The lowest BCUT2D eigenvalue weighted by Gasteiger charge is -2.30. The molecule has 1 heterocycles. The van der Waals surface area contributed by atoms with Gasteiger partial charge in [-0.25, -0.2) is 0 Å². The molecule has 2 rings (SSSR count). The number of aromatic nitrogens is 2. The van der Waals surface area contributed by atoms with Crippen molar-refractivity contribution >= 4 is 28.8 Å². The highest BCUT2D eigenvalue weighted by atomic mass is 35.5. The van der Waals surface area contributed by atoms with Crippen LogP contribution in [0.4, 0.5) is 13.2 Å². The molecule has 1 N–H and O–H groups in total. The number of carbonyl (C=O) groups is 1. The Morgan fingerprint density at radius 1 is 1.37 bits per heavy atom. The normalized spacial score (nSPS) is 24.2. The van der Waals surface area contributed by atoms with E-state index in [4.69, 9.17) is 11.6 Å². The predicted molar refractivity (Wildman–Crippen MR) is 64.2 cm³/mol. The Hall–Kier alpha value is -0.890. The molecule has 0 aromatic carbocycles. The Balaban J connectivity index is 1.94. The zero-order chi connectivity index (χ0) is 14.0. The highest BCUT2D eigenvalue weighted by Gasteiger charge is 2.42. The van der Waals surface area contributed by atoms with E-state index in [1.807, 2.05) is 0 Å². The monoisotopic (exact) mass is 313 g/mol. The third-order valence-corrected chi connectivity index (χ3v) is 4.08. The van der Waals surface area contributed by atoms with Crippen molar-refractivity contribution in [3.05, 3.63) is 9.47 Å². The predicted octanol–water partition coefficient (Wildman–Crippen LogP) is 3.04. The van der Waals surface area contributed by atoms with E-state index >= 15 is 0 Å². The summed E-state index contributed by atoms with van der Waals surface area (Å²) in [6.07, 6.45) is -3.16. The summed E-state index contributed by atoms with van der Waals surface area (Å²) in [6.45, 7) is 0. The number of amides is 1. The molecule has 2 unspecified atom stereocenters. The molecule has 1 fully saturated rings. The molecule has 1 aliphatic rings. The molecule has 0 bridgehead atoms. The van der Waals surface area contributed by atoms with Crippen molar-refractivity contribution in [2.45, 2.75) is 37.9 Å². The van der Waals surface area contributed by atoms with E-state index < -0.39 is 24.0 Å². The minimum Gasteiger partial charge on any atom is -0.347 e. The number of rotatable bonds is 2. The molecule has 1 saturated carbocycles. The van der Waals surface area contributed by atoms with Crippen molar-refractivity contribution < 1.29 is 18.0 Å². The lowest BCUT2D eigenvalue weighted by Crippen LogP contribution is -2.41. The standard InChI is InChI=1S/C10H11ClF3N3OS/c11-9-17-16-8(19-9)7(18)15-6-3-1-2-5(4-6)10(12,13)14/h5-6H,1-4H2,(H,15,18). The molecule has 0 aliphatic heterocycles. The van der Waals surface area contributed by atoms with E-state index in [0.717, 1.165) is 11.3 Å². The first kappa shape index (κ1) is 14.5. The van der Waals surface area contributed by atoms with Gasteiger partial charge in [0.15, 0.2) is 0 Å². The molecule has 1 amide bonds. The van der Waals surface area contributed by atoms with Gasteiger partial charge in [-0.3, -0.25) is 4.79 Å². The van der Waals surface area contributed by atoms with Crippen LogP contribution in [0.5, 0.6) is 0 Å². The van der Waals surface area contributed by atoms with E-state index in [2.05, 4.69) is 15.5 Å². The summed E-state index contributed by atoms with van der Waals surface area (Å²) in [5.74, 6) is -1.86. The number of alkyl halides is 3. The Labute approximate surface area is 116 Å². The Morgan fingerprint density at radius 2 is 2.11 bits per heavy atom. The number of carbonyl (C=O) groups excluding carboxylic acids is 1. The first-order valence-corrected chi connectivity index (χ1v) is 6.92. The SMILES string of the molecule is O=C(NC1CCCC(C(F)(F)F)C1)c1nnc(Cl)s1. The Bertz CT molecular complexity index is 465. The van der Waals surface area contributed by atoms with Crippen LogP contribution in [0.2, 0.25) is 4.47 Å². The molecule has 1 aromatic heterocycles. The van der Waals surface area contributed by atoms with E-state index in [0.29, 0.717) is 12.8 Å². The number of hydrogen-bond donors (Lipinski definition) is 1. The van der Waals surface area contributed by atoms with Gasteiger partial charge < -0.3 is 5.32 Å². The van der Waals surface area contributed by atoms with Gasteiger partial charge in [0.2, 0.25) is 9.47 Å². The maximum atomic E-state index is 12.6. The Morgan fingerprint density at radius 3 is 2.68 bits per heavy atom. The quantitative estimate of drug-likeness (QED) is 0.913. The summed E-state index contributed by atoms with van der Waals surface area (Å²) in [7, 11) is 0. The molecule has 1 aliphatic carbocycles. The lowest BCUT2D eigenvalue weighted by molar-refractivity contribution is -0.183. The summed E-state index contributed by atoms with van der Waals surface area (Å²) < 4.78 is 38.0. The second kappa shape index (κ2) is 5.62. The molecule has 1 aromatic rings. The van der Waals surface area contributed by atoms with Crippen molar-refractivity contribution in [2.24, 2.45) is 5.92 Å². The van der Waals surface area contributed by atoms with Crippen molar-refractivity contribution in [3.63, 3.8) is 0 Å². The van der Waals surface area contributed by atoms with Gasteiger partial charge in [0.05, 0.1) is 5.92 Å². The fourth-order valence-electron chi connectivity index (χ4n) is 2.16. The number of hydrogen-bond acceptors (Lipinski definition) is 4. The molecule has 106 valence electrons. The third kappa shape index (κ3) is 3.79. The average molecular weight is 314 g/mol. The number of halogens is 4. The summed E-state index contributed by atoms with van der Waals surface area (Å²) in [5.41, 5.74) is 0. The zero-order valence-corrected chi connectivity index (χ0v) is 11.3. The van der Waals surface area contributed by atoms with Gasteiger partial charge in [-0.1, -0.05) is 17.8 Å². The molecule has 4 nitrogen and oxygen atoms in total. The minimum absolute atomic E-state index is 0.0686. The van der Waals surface area contributed by atoms with Crippen molar-refractivity contribution in [3.8, 4) is 0 Å². The number of nitrogens with zero attached hydrogens (tertiary/aromatic N) is 2. The second-order valence-corrected chi connectivity index (χ2v) is 6.00. The third-order valence-electron chi connectivity index (χ3n) is 3.07. The topological polar surface area (TPSA) is 54.9 Å². The molecule has 9 heteroatoms. The van der Waals surface area contributed by atoms with Crippen LogP contribution in [0.15, 0.2) is 0 Å². The second-order valence-electron chi connectivity index (χ2n) is 4.44. The van der Waals surface area contributed by atoms with Crippen LogP contribution in [0.25, 0.3) is 0 Å². The van der Waals surface area contributed by atoms with Gasteiger partial charge in [-0.05, 0) is 30.9 Å². The van der Waals surface area contributed by atoms with Gasteiger partial charge in [-0.15, -0.1) is 10.2 Å². The van der Waals surface area contributed by atoms with Gasteiger partial charge >= 0.3 is 6.18 Å². The maximum Gasteiger partial charge on any atom is 0.391 e. The van der Waals surface area contributed by atoms with Crippen LogP contribution in [0, 0.1) is 5.92 Å². The van der Waals surface area contributed by atoms with Crippen LogP contribution in [0.3, 0.4) is 0 Å². The summed E-state index contributed by atoms with van der Waals surface area (Å²) >= 11 is 6.45. The van der Waals surface area contributed by atoms with E-state index in [-0.39, 0.29) is 22.3 Å². The van der Waals surface area contributed by atoms with Crippen LogP contribution < -0.4 is 5.32 Å². The maximum absolute atomic E-state index is 12.6. The molecule has 2 atom stereocenters. The van der Waals surface area contributed by atoms with Gasteiger partial charge in [0.25, 0.3) is 5.91 Å². The largest absolute Gasteiger partial charge is 0.391 e. The average Bonchev–Trinajstić information content (AvgIpc) is 2.75. The first-order chi connectivity index (χ1) is 8.86. The Kier molecular flexibility index (Phi) is 4.29. The van der Waals surface area contributed by atoms with E-state index in [9.17, 15) is 18.0 Å². The van der Waals surface area contributed by atoms with Gasteiger partial charge in [0.1, 0.15) is 0 Å². The highest BCUT2D eigenvalue weighted by Crippen LogP contribution is 2.37. The highest BCUT2D eigenvalue weighted by molar-refractivity contribution is 7.17. The van der Waals surface area contributed by atoms with E-state index in [1.165, 1.54) is 0 Å². The van der Waals surface area contributed by atoms with Crippen molar-refractivity contribution in [1.82, 2.24) is 15.5 Å². The molecular weight excluding hydrogens is 303 g/mol.